The van der Waals surface area contributed by atoms with Crippen molar-refractivity contribution in [2.24, 2.45) is 0 Å². The number of hydrogen-bond donors (Lipinski definition) is 2. The molecule has 0 aliphatic heterocycles. The maximum atomic E-state index is 13.4. The summed E-state index contributed by atoms with van der Waals surface area (Å²) < 4.78 is 10.6. The van der Waals surface area contributed by atoms with E-state index in [9.17, 15) is 9.59 Å². The Balaban J connectivity index is 1.68. The molecule has 4 rings (SSSR count). The molecule has 0 saturated heterocycles. The third-order valence-electron chi connectivity index (χ3n) is 6.16. The first-order chi connectivity index (χ1) is 16.9. The number of carbonyl (C=O) groups is 1. The van der Waals surface area contributed by atoms with Crippen molar-refractivity contribution in [3.63, 3.8) is 0 Å². The molecule has 180 valence electrons. The normalized spacial score (nSPS) is 10.7. The highest BCUT2D eigenvalue weighted by Crippen LogP contribution is 2.25. The zero-order valence-electron chi connectivity index (χ0n) is 20.3. The summed E-state index contributed by atoms with van der Waals surface area (Å²) in [5.41, 5.74) is 4.72. The van der Waals surface area contributed by atoms with Gasteiger partial charge in [-0.05, 0) is 66.3 Å². The molecule has 1 heterocycles. The Morgan fingerprint density at radius 1 is 0.943 bits per heavy atom. The van der Waals surface area contributed by atoms with Gasteiger partial charge >= 0.3 is 6.03 Å². The fraction of sp³-hybridized carbons (Fsp3) is 0.214. The molecular formula is C28H29N3O4. The number of carbonyl (C=O) groups excluding carboxylic acids is 1. The number of methoxy groups -OCH3 is 2. The highest BCUT2D eigenvalue weighted by molar-refractivity contribution is 5.91. The summed E-state index contributed by atoms with van der Waals surface area (Å²) in [6.07, 6.45) is 0. The third kappa shape index (κ3) is 5.30. The molecule has 1 aromatic heterocycles. The molecule has 0 radical (unpaired) electrons. The van der Waals surface area contributed by atoms with Crippen LogP contribution in [0.4, 0.5) is 10.5 Å². The monoisotopic (exact) mass is 471 g/mol. The maximum absolute atomic E-state index is 13.4. The minimum atomic E-state index is -0.343. The molecule has 0 aliphatic rings. The molecule has 2 N–H and O–H groups in total. The van der Waals surface area contributed by atoms with Gasteiger partial charge in [0.2, 0.25) is 0 Å². The number of aryl methyl sites for hydroxylation is 2. The summed E-state index contributed by atoms with van der Waals surface area (Å²) >= 11 is 0. The fourth-order valence-electron chi connectivity index (χ4n) is 3.99. The topological polar surface area (TPSA) is 83.7 Å². The van der Waals surface area contributed by atoms with Crippen molar-refractivity contribution < 1.29 is 14.3 Å². The molecule has 2 amide bonds. The quantitative estimate of drug-likeness (QED) is 0.378. The van der Waals surface area contributed by atoms with Crippen LogP contribution >= 0.6 is 0 Å². The number of pyridine rings is 1. The van der Waals surface area contributed by atoms with Gasteiger partial charge in [-0.2, -0.15) is 0 Å². The molecule has 0 aliphatic carbocycles. The Morgan fingerprint density at radius 2 is 1.69 bits per heavy atom. The van der Waals surface area contributed by atoms with E-state index in [0.29, 0.717) is 23.5 Å². The van der Waals surface area contributed by atoms with Crippen LogP contribution in [0.2, 0.25) is 0 Å². The van der Waals surface area contributed by atoms with E-state index >= 15 is 0 Å². The summed E-state index contributed by atoms with van der Waals surface area (Å²) in [6.45, 7) is 4.43. The molecule has 4 aromatic rings. The number of nitrogens with one attached hydrogen (secondary N) is 2. The molecule has 3 aromatic carbocycles. The number of fused-ring (bicyclic) bond motifs is 1. The number of H-pyrrole nitrogens is 1. The highest BCUT2D eigenvalue weighted by Gasteiger charge is 2.19. The highest BCUT2D eigenvalue weighted by atomic mass is 16.5. The smallest absolute Gasteiger partial charge is 0.322 e. The summed E-state index contributed by atoms with van der Waals surface area (Å²) in [4.78, 5) is 31.0. The van der Waals surface area contributed by atoms with Gasteiger partial charge in [0.25, 0.3) is 5.56 Å². The summed E-state index contributed by atoms with van der Waals surface area (Å²) in [6, 6.07) is 20.2. The van der Waals surface area contributed by atoms with E-state index in [-0.39, 0.29) is 18.1 Å². The first kappa shape index (κ1) is 23.9. The van der Waals surface area contributed by atoms with Crippen LogP contribution in [0.3, 0.4) is 0 Å². The molecule has 7 heteroatoms. The standard InChI is InChI=1S/C28H29N3O4/c1-18-9-12-21-15-22(27(32)30-26(21)19(18)2)17-31(16-20-10-13-23(34-3)14-11-20)28(33)29-24-7-5-6-8-25(24)35-4/h5-15H,16-17H2,1-4H3,(H,29,33)(H,30,32). The Bertz CT molecular complexity index is 1410. The van der Waals surface area contributed by atoms with Crippen molar-refractivity contribution in [3.05, 3.63) is 99.3 Å². The van der Waals surface area contributed by atoms with Crippen molar-refractivity contribution >= 4 is 22.6 Å². The van der Waals surface area contributed by atoms with E-state index in [2.05, 4.69) is 10.3 Å². The number of nitrogens with zero attached hydrogens (tertiary/aromatic N) is 1. The van der Waals surface area contributed by atoms with Crippen molar-refractivity contribution in [3.8, 4) is 11.5 Å². The van der Waals surface area contributed by atoms with Gasteiger partial charge in [-0.1, -0.05) is 36.4 Å². The van der Waals surface area contributed by atoms with Gasteiger partial charge in [0.1, 0.15) is 11.5 Å². The number of urea groups is 1. The largest absolute Gasteiger partial charge is 0.497 e. The van der Waals surface area contributed by atoms with Gasteiger partial charge in [0, 0.05) is 12.1 Å². The van der Waals surface area contributed by atoms with Crippen LogP contribution in [0.25, 0.3) is 10.9 Å². The number of amides is 2. The Morgan fingerprint density at radius 3 is 2.40 bits per heavy atom. The van der Waals surface area contributed by atoms with Crippen LogP contribution in [0.15, 0.2) is 71.5 Å². The van der Waals surface area contributed by atoms with Crippen LogP contribution in [-0.4, -0.2) is 30.1 Å². The number of hydrogen-bond acceptors (Lipinski definition) is 4. The fourth-order valence-corrected chi connectivity index (χ4v) is 3.99. The molecule has 0 atom stereocenters. The van der Waals surface area contributed by atoms with Gasteiger partial charge in [-0.3, -0.25) is 4.79 Å². The molecule has 0 spiro atoms. The van der Waals surface area contributed by atoms with Crippen molar-refractivity contribution in [2.45, 2.75) is 26.9 Å². The van der Waals surface area contributed by atoms with E-state index in [1.165, 1.54) is 0 Å². The first-order valence-corrected chi connectivity index (χ1v) is 11.3. The van der Waals surface area contributed by atoms with Gasteiger partial charge in [0.05, 0.1) is 32.0 Å². The van der Waals surface area contributed by atoms with Crippen molar-refractivity contribution in [2.75, 3.05) is 19.5 Å². The van der Waals surface area contributed by atoms with E-state index in [0.717, 1.165) is 33.3 Å². The number of aromatic nitrogens is 1. The maximum Gasteiger partial charge on any atom is 0.322 e. The lowest BCUT2D eigenvalue weighted by Gasteiger charge is -2.24. The average molecular weight is 472 g/mol. The van der Waals surface area contributed by atoms with Crippen molar-refractivity contribution in [1.29, 1.82) is 0 Å². The van der Waals surface area contributed by atoms with Gasteiger partial charge in [0.15, 0.2) is 0 Å². The SMILES string of the molecule is COc1ccc(CN(Cc2cc3ccc(C)c(C)c3[nH]c2=O)C(=O)Nc2ccccc2OC)cc1. The molecule has 7 nitrogen and oxygen atoms in total. The molecule has 0 unspecified atom stereocenters. The zero-order chi connectivity index (χ0) is 24.9. The number of aromatic amines is 1. The lowest BCUT2D eigenvalue weighted by atomic mass is 10.0. The second-order valence-electron chi connectivity index (χ2n) is 8.43. The van der Waals surface area contributed by atoms with Crippen LogP contribution < -0.4 is 20.3 Å². The van der Waals surface area contributed by atoms with Crippen LogP contribution in [-0.2, 0) is 13.1 Å². The predicted octanol–water partition coefficient (Wildman–Crippen LogP) is 5.40. The second kappa shape index (κ2) is 10.3. The van der Waals surface area contributed by atoms with Gasteiger partial charge in [-0.25, -0.2) is 4.79 Å². The third-order valence-corrected chi connectivity index (χ3v) is 6.16. The summed E-state index contributed by atoms with van der Waals surface area (Å²) in [5.74, 6) is 1.29. The second-order valence-corrected chi connectivity index (χ2v) is 8.43. The minimum Gasteiger partial charge on any atom is -0.497 e. The predicted molar refractivity (Wildman–Crippen MR) is 138 cm³/mol. The van der Waals surface area contributed by atoms with E-state index < -0.39 is 0 Å². The molecule has 0 fully saturated rings. The number of anilines is 1. The Labute approximate surface area is 204 Å². The molecule has 35 heavy (non-hydrogen) atoms. The average Bonchev–Trinajstić information content (AvgIpc) is 2.87. The molecule has 0 bridgehead atoms. The zero-order valence-corrected chi connectivity index (χ0v) is 20.3. The number of para-hydroxylation sites is 2. The van der Waals surface area contributed by atoms with Gasteiger partial charge < -0.3 is 24.7 Å². The van der Waals surface area contributed by atoms with Crippen LogP contribution in [0.1, 0.15) is 22.3 Å². The van der Waals surface area contributed by atoms with Crippen LogP contribution in [0.5, 0.6) is 11.5 Å². The Hall–Kier alpha value is -4.26. The lowest BCUT2D eigenvalue weighted by molar-refractivity contribution is 0.206. The lowest BCUT2D eigenvalue weighted by Crippen LogP contribution is -2.35. The number of benzene rings is 3. The molecule has 0 saturated carbocycles. The first-order valence-electron chi connectivity index (χ1n) is 11.3. The number of rotatable bonds is 7. The van der Waals surface area contributed by atoms with E-state index in [4.69, 9.17) is 9.47 Å². The minimum absolute atomic E-state index is 0.130. The van der Waals surface area contributed by atoms with Crippen LogP contribution in [0, 0.1) is 13.8 Å². The van der Waals surface area contributed by atoms with Gasteiger partial charge in [-0.15, -0.1) is 0 Å². The summed E-state index contributed by atoms with van der Waals surface area (Å²) in [7, 11) is 3.16. The van der Waals surface area contributed by atoms with E-state index in [1.54, 1.807) is 31.3 Å². The number of ether oxygens (including phenoxy) is 2. The van der Waals surface area contributed by atoms with E-state index in [1.807, 2.05) is 68.4 Å². The Kier molecular flexibility index (Phi) is 7.06. The van der Waals surface area contributed by atoms with Crippen molar-refractivity contribution in [1.82, 2.24) is 9.88 Å². The summed E-state index contributed by atoms with van der Waals surface area (Å²) in [5, 5.41) is 3.85. The molecular weight excluding hydrogens is 442 g/mol.